The minimum absolute atomic E-state index is 0.00734. The Kier molecular flexibility index (Phi) is 5.46. The lowest BCUT2D eigenvalue weighted by Gasteiger charge is -2.27. The van der Waals surface area contributed by atoms with E-state index in [9.17, 15) is 9.18 Å². The van der Waals surface area contributed by atoms with E-state index in [-0.39, 0.29) is 18.0 Å². The topological polar surface area (TPSA) is 64.3 Å². The van der Waals surface area contributed by atoms with Crippen LogP contribution in [0.5, 0.6) is 0 Å². The molecule has 0 radical (unpaired) electrons. The lowest BCUT2D eigenvalue weighted by Crippen LogP contribution is -2.34. The highest BCUT2D eigenvalue weighted by Gasteiger charge is 2.18. The van der Waals surface area contributed by atoms with Crippen molar-refractivity contribution in [1.82, 2.24) is 4.90 Å². The molecule has 0 aliphatic heterocycles. The smallest absolute Gasteiger partial charge is 0.304 e. The Balaban J connectivity index is 2.87. The van der Waals surface area contributed by atoms with Gasteiger partial charge >= 0.3 is 5.97 Å². The third-order valence-corrected chi connectivity index (χ3v) is 3.07. The summed E-state index contributed by atoms with van der Waals surface area (Å²) in [6, 6.07) is 6.29. The highest BCUT2D eigenvalue weighted by atomic mass is 19.1. The van der Waals surface area contributed by atoms with Gasteiger partial charge in [0.2, 0.25) is 0 Å². The molecule has 5 heteroatoms. The second-order valence-corrected chi connectivity index (χ2v) is 4.40. The van der Waals surface area contributed by atoms with Gasteiger partial charge in [-0.05, 0) is 19.5 Å². The minimum atomic E-state index is -0.878. The predicted molar refractivity (Wildman–Crippen MR) is 68.9 cm³/mol. The van der Waals surface area contributed by atoms with E-state index in [0.29, 0.717) is 18.7 Å². The number of rotatable bonds is 6. The molecule has 0 saturated heterocycles. The number of hydrogen-bond donors (Lipinski definition) is 1. The molecule has 0 spiro atoms. The molecule has 0 aromatic heterocycles. The van der Waals surface area contributed by atoms with Crippen LogP contribution in [0.25, 0.3) is 0 Å². The number of carboxylic acids is 1. The standard InChI is InChI=1S/C14H17FN2O2/c1-3-17(10(2)7-13(18)19)9-12-6-4-5-11(8-16)14(12)15/h4-6,10H,3,7,9H2,1-2H3,(H,18,19). The number of halogens is 1. The van der Waals surface area contributed by atoms with Gasteiger partial charge in [-0.15, -0.1) is 0 Å². The molecule has 1 rings (SSSR count). The fourth-order valence-corrected chi connectivity index (χ4v) is 1.97. The van der Waals surface area contributed by atoms with E-state index in [1.807, 2.05) is 11.8 Å². The Morgan fingerprint density at radius 3 is 2.79 bits per heavy atom. The molecule has 0 aliphatic rings. The first kappa shape index (κ1) is 15.1. The van der Waals surface area contributed by atoms with E-state index in [4.69, 9.17) is 10.4 Å². The summed E-state index contributed by atoms with van der Waals surface area (Å²) in [7, 11) is 0. The van der Waals surface area contributed by atoms with Crippen LogP contribution in [0.1, 0.15) is 31.4 Å². The number of nitriles is 1. The minimum Gasteiger partial charge on any atom is -0.481 e. The average molecular weight is 264 g/mol. The molecule has 0 fully saturated rings. The van der Waals surface area contributed by atoms with Crippen molar-refractivity contribution < 1.29 is 14.3 Å². The summed E-state index contributed by atoms with van der Waals surface area (Å²) in [6.45, 7) is 4.60. The zero-order valence-electron chi connectivity index (χ0n) is 11.1. The van der Waals surface area contributed by atoms with Crippen LogP contribution in [0.4, 0.5) is 4.39 Å². The second kappa shape index (κ2) is 6.86. The van der Waals surface area contributed by atoms with E-state index < -0.39 is 11.8 Å². The maximum Gasteiger partial charge on any atom is 0.304 e. The van der Waals surface area contributed by atoms with Gasteiger partial charge in [0.15, 0.2) is 0 Å². The lowest BCUT2D eigenvalue weighted by atomic mass is 10.1. The monoisotopic (exact) mass is 264 g/mol. The normalized spacial score (nSPS) is 12.2. The first-order chi connectivity index (χ1) is 8.99. The Morgan fingerprint density at radius 1 is 1.58 bits per heavy atom. The Morgan fingerprint density at radius 2 is 2.26 bits per heavy atom. The number of carboxylic acid groups (broad SMARTS) is 1. The summed E-state index contributed by atoms with van der Waals surface area (Å²) in [5.74, 6) is -1.40. The molecular weight excluding hydrogens is 247 g/mol. The van der Waals surface area contributed by atoms with Gasteiger partial charge in [0.05, 0.1) is 12.0 Å². The number of benzene rings is 1. The van der Waals surface area contributed by atoms with Crippen LogP contribution in [0, 0.1) is 17.1 Å². The van der Waals surface area contributed by atoms with Crippen molar-refractivity contribution in [3.05, 3.63) is 35.1 Å². The van der Waals surface area contributed by atoms with Gasteiger partial charge in [-0.3, -0.25) is 9.69 Å². The van der Waals surface area contributed by atoms with Crippen molar-refractivity contribution in [2.45, 2.75) is 32.9 Å². The Hall–Kier alpha value is -1.93. The fourth-order valence-electron chi connectivity index (χ4n) is 1.97. The van der Waals surface area contributed by atoms with Crippen molar-refractivity contribution in [2.24, 2.45) is 0 Å². The molecule has 19 heavy (non-hydrogen) atoms. The summed E-state index contributed by atoms with van der Waals surface area (Å²) in [6.07, 6.45) is 0.00734. The lowest BCUT2D eigenvalue weighted by molar-refractivity contribution is -0.138. The molecular formula is C14H17FN2O2. The third-order valence-electron chi connectivity index (χ3n) is 3.07. The summed E-state index contributed by atoms with van der Waals surface area (Å²) in [5.41, 5.74) is 0.428. The van der Waals surface area contributed by atoms with Gasteiger partial charge in [-0.2, -0.15) is 5.26 Å². The third kappa shape index (κ3) is 4.04. The Bertz CT molecular complexity index is 497. The largest absolute Gasteiger partial charge is 0.481 e. The molecule has 102 valence electrons. The van der Waals surface area contributed by atoms with Gasteiger partial charge in [-0.1, -0.05) is 19.1 Å². The van der Waals surface area contributed by atoms with E-state index >= 15 is 0 Å². The molecule has 0 amide bonds. The van der Waals surface area contributed by atoms with Crippen molar-refractivity contribution in [3.8, 4) is 6.07 Å². The molecule has 1 unspecified atom stereocenters. The van der Waals surface area contributed by atoms with Gasteiger partial charge < -0.3 is 5.11 Å². The molecule has 0 heterocycles. The summed E-state index contributed by atoms with van der Waals surface area (Å²) >= 11 is 0. The number of carbonyl (C=O) groups is 1. The second-order valence-electron chi connectivity index (χ2n) is 4.40. The van der Waals surface area contributed by atoms with Gasteiger partial charge in [0.1, 0.15) is 11.9 Å². The fraction of sp³-hybridized carbons (Fsp3) is 0.429. The van der Waals surface area contributed by atoms with Crippen LogP contribution in [-0.4, -0.2) is 28.6 Å². The summed E-state index contributed by atoms with van der Waals surface area (Å²) < 4.78 is 13.9. The molecule has 1 aromatic carbocycles. The highest BCUT2D eigenvalue weighted by molar-refractivity contribution is 5.67. The van der Waals surface area contributed by atoms with Crippen molar-refractivity contribution in [3.63, 3.8) is 0 Å². The van der Waals surface area contributed by atoms with E-state index in [1.165, 1.54) is 6.07 Å². The average Bonchev–Trinajstić information content (AvgIpc) is 2.36. The maximum atomic E-state index is 13.9. The van der Waals surface area contributed by atoms with Crippen LogP contribution < -0.4 is 0 Å². The molecule has 1 N–H and O–H groups in total. The predicted octanol–water partition coefficient (Wildman–Crippen LogP) is 2.38. The Labute approximate surface area is 112 Å². The van der Waals surface area contributed by atoms with Crippen molar-refractivity contribution >= 4 is 5.97 Å². The number of aliphatic carboxylic acids is 1. The molecule has 0 bridgehead atoms. The maximum absolute atomic E-state index is 13.9. The molecule has 4 nitrogen and oxygen atoms in total. The van der Waals surface area contributed by atoms with Crippen LogP contribution in [0.2, 0.25) is 0 Å². The molecule has 1 atom stereocenters. The molecule has 0 saturated carbocycles. The summed E-state index contributed by atoms with van der Waals surface area (Å²) in [5, 5.41) is 17.6. The van der Waals surface area contributed by atoms with Crippen LogP contribution in [-0.2, 0) is 11.3 Å². The van der Waals surface area contributed by atoms with E-state index in [1.54, 1.807) is 25.1 Å². The van der Waals surface area contributed by atoms with E-state index in [2.05, 4.69) is 0 Å². The quantitative estimate of drug-likeness (QED) is 0.856. The number of nitrogens with zero attached hydrogens (tertiary/aromatic N) is 2. The SMILES string of the molecule is CCN(Cc1cccc(C#N)c1F)C(C)CC(=O)O. The van der Waals surface area contributed by atoms with Gasteiger partial charge in [0.25, 0.3) is 0 Å². The first-order valence-electron chi connectivity index (χ1n) is 6.12. The van der Waals surface area contributed by atoms with Gasteiger partial charge in [-0.25, -0.2) is 4.39 Å². The summed E-state index contributed by atoms with van der Waals surface area (Å²) in [4.78, 5) is 12.6. The first-order valence-corrected chi connectivity index (χ1v) is 6.12. The van der Waals surface area contributed by atoms with E-state index in [0.717, 1.165) is 0 Å². The highest BCUT2D eigenvalue weighted by Crippen LogP contribution is 2.16. The zero-order valence-corrected chi connectivity index (χ0v) is 11.1. The van der Waals surface area contributed by atoms with Crippen LogP contribution in [0.15, 0.2) is 18.2 Å². The van der Waals surface area contributed by atoms with Crippen molar-refractivity contribution in [2.75, 3.05) is 6.54 Å². The zero-order chi connectivity index (χ0) is 14.4. The number of hydrogen-bond acceptors (Lipinski definition) is 3. The van der Waals surface area contributed by atoms with Crippen molar-refractivity contribution in [1.29, 1.82) is 5.26 Å². The molecule has 1 aromatic rings. The molecule has 0 aliphatic carbocycles. The van der Waals surface area contributed by atoms with Crippen LogP contribution in [0.3, 0.4) is 0 Å². The van der Waals surface area contributed by atoms with Gasteiger partial charge in [0, 0.05) is 18.2 Å². The van der Waals surface area contributed by atoms with Crippen LogP contribution >= 0.6 is 0 Å².